The fourth-order valence-corrected chi connectivity index (χ4v) is 4.69. The fraction of sp³-hybridized carbons (Fsp3) is 0.407. The van der Waals surface area contributed by atoms with Crippen molar-refractivity contribution in [1.82, 2.24) is 5.01 Å². The Bertz CT molecular complexity index is 1110. The molecule has 1 fully saturated rings. The van der Waals surface area contributed by atoms with Gasteiger partial charge in [0.2, 0.25) is 0 Å². The van der Waals surface area contributed by atoms with Crippen molar-refractivity contribution in [1.29, 1.82) is 5.41 Å². The number of methoxy groups -OCH3 is 1. The average molecular weight is 479 g/mol. The molecule has 2 aliphatic heterocycles. The van der Waals surface area contributed by atoms with Crippen LogP contribution in [0.25, 0.3) is 6.08 Å². The van der Waals surface area contributed by atoms with E-state index in [0.717, 1.165) is 61.0 Å². The third-order valence-corrected chi connectivity index (χ3v) is 6.33. The second kappa shape index (κ2) is 10.9. The predicted molar refractivity (Wildman–Crippen MR) is 142 cm³/mol. The number of ether oxygens (including phenoxy) is 1. The number of nitrogens with zero attached hydrogens (tertiary/aromatic N) is 4. The van der Waals surface area contributed by atoms with E-state index in [1.807, 2.05) is 29.2 Å². The van der Waals surface area contributed by atoms with E-state index in [-0.39, 0.29) is 5.82 Å². The smallest absolute Gasteiger partial charge is 0.145 e. The Hall–Kier alpha value is -3.39. The van der Waals surface area contributed by atoms with Gasteiger partial charge in [-0.25, -0.2) is 4.39 Å². The number of hydrazine groups is 1. The summed E-state index contributed by atoms with van der Waals surface area (Å²) < 4.78 is 19.3. The van der Waals surface area contributed by atoms with Crippen molar-refractivity contribution < 1.29 is 9.13 Å². The minimum atomic E-state index is -0.230. The van der Waals surface area contributed by atoms with Crippen LogP contribution < -0.4 is 20.4 Å². The Labute approximate surface area is 207 Å². The first-order chi connectivity index (χ1) is 16.9. The predicted octanol–water partition coefficient (Wildman–Crippen LogP) is 4.55. The van der Waals surface area contributed by atoms with Crippen molar-refractivity contribution in [2.45, 2.75) is 26.7 Å². The molecule has 2 aromatic rings. The number of hydrogen-bond acceptors (Lipinski definition) is 7. The minimum Gasteiger partial charge on any atom is -0.495 e. The highest BCUT2D eigenvalue weighted by molar-refractivity contribution is 6.03. The van der Waals surface area contributed by atoms with Crippen LogP contribution in [0.15, 0.2) is 53.0 Å². The van der Waals surface area contributed by atoms with Crippen molar-refractivity contribution >= 4 is 29.0 Å². The molecule has 4 rings (SSSR count). The molecule has 35 heavy (non-hydrogen) atoms. The van der Waals surface area contributed by atoms with E-state index in [1.165, 1.54) is 17.7 Å². The molecule has 8 heteroatoms. The number of anilines is 2. The summed E-state index contributed by atoms with van der Waals surface area (Å²) >= 11 is 0. The van der Waals surface area contributed by atoms with Gasteiger partial charge >= 0.3 is 0 Å². The summed E-state index contributed by atoms with van der Waals surface area (Å²) in [6, 6.07) is 12.8. The van der Waals surface area contributed by atoms with Crippen molar-refractivity contribution in [2.24, 2.45) is 16.6 Å². The summed E-state index contributed by atoms with van der Waals surface area (Å²) in [5, 5.41) is 12.3. The Kier molecular flexibility index (Phi) is 7.70. The molecule has 0 saturated carbocycles. The topological polar surface area (TPSA) is 81.2 Å². The van der Waals surface area contributed by atoms with Crippen LogP contribution >= 0.6 is 0 Å². The van der Waals surface area contributed by atoms with Gasteiger partial charge in [0.05, 0.1) is 31.7 Å². The van der Waals surface area contributed by atoms with Crippen LogP contribution in [0.3, 0.4) is 0 Å². The summed E-state index contributed by atoms with van der Waals surface area (Å²) in [4.78, 5) is 6.94. The van der Waals surface area contributed by atoms with E-state index < -0.39 is 0 Å². The van der Waals surface area contributed by atoms with Gasteiger partial charge in [-0.1, -0.05) is 13.0 Å². The lowest BCUT2D eigenvalue weighted by Gasteiger charge is -2.41. The van der Waals surface area contributed by atoms with Crippen LogP contribution in [-0.4, -0.2) is 56.5 Å². The highest BCUT2D eigenvalue weighted by Crippen LogP contribution is 2.32. The van der Waals surface area contributed by atoms with Crippen LogP contribution in [0.4, 0.5) is 15.8 Å². The van der Waals surface area contributed by atoms with E-state index in [1.54, 1.807) is 14.0 Å². The lowest BCUT2D eigenvalue weighted by atomic mass is 10.0. The number of hydrogen-bond donors (Lipinski definition) is 2. The molecule has 3 N–H and O–H groups in total. The summed E-state index contributed by atoms with van der Waals surface area (Å²) in [6.07, 6.45) is 4.13. The van der Waals surface area contributed by atoms with Gasteiger partial charge in [0.1, 0.15) is 17.4 Å². The number of halogens is 1. The molecule has 0 aliphatic carbocycles. The van der Waals surface area contributed by atoms with Gasteiger partial charge in [-0.05, 0) is 79.3 Å². The summed E-state index contributed by atoms with van der Waals surface area (Å²) in [5.41, 5.74) is 10.5. The Morgan fingerprint density at radius 1 is 1.26 bits per heavy atom. The SMILES string of the molecule is COc1cc(C=C2CCCN3C2=NCC(C)CN3c2ccc(F)cc2)ccc1N(CN)CC(C)=N. The number of fused-ring (bicyclic) bond motifs is 1. The standard InChI is InChI=1S/C27H35FN6O/c1-19-15-31-27-22(5-4-12-33(27)34(16-19)24-9-7-23(28)8-10-24)13-21-6-11-25(26(14-21)35-3)32(18-29)17-20(2)30/h6-11,13-14,19,30H,4-5,12,15-18,29H2,1-3H3. The molecule has 186 valence electrons. The van der Waals surface area contributed by atoms with Crippen LogP contribution in [0.1, 0.15) is 32.3 Å². The van der Waals surface area contributed by atoms with E-state index in [2.05, 4.69) is 29.1 Å². The normalized spacial score (nSPS) is 19.2. The van der Waals surface area contributed by atoms with E-state index in [9.17, 15) is 4.39 Å². The molecule has 7 nitrogen and oxygen atoms in total. The Balaban J connectivity index is 1.66. The molecular formula is C27H35FN6O. The number of nitrogens with two attached hydrogens (primary N) is 1. The van der Waals surface area contributed by atoms with Crippen LogP contribution in [0.5, 0.6) is 5.75 Å². The molecule has 0 amide bonds. The average Bonchev–Trinajstić information content (AvgIpc) is 3.02. The highest BCUT2D eigenvalue weighted by Gasteiger charge is 2.30. The fourth-order valence-electron chi connectivity index (χ4n) is 4.69. The van der Waals surface area contributed by atoms with Gasteiger partial charge < -0.3 is 20.8 Å². The third kappa shape index (κ3) is 5.65. The highest BCUT2D eigenvalue weighted by atomic mass is 19.1. The van der Waals surface area contributed by atoms with Crippen molar-refractivity contribution in [2.75, 3.05) is 49.9 Å². The Morgan fingerprint density at radius 3 is 2.71 bits per heavy atom. The number of aliphatic imine (C=N–C) groups is 1. The molecule has 0 radical (unpaired) electrons. The van der Waals surface area contributed by atoms with Gasteiger partial charge in [-0.3, -0.25) is 15.0 Å². The third-order valence-electron chi connectivity index (χ3n) is 6.33. The van der Waals surface area contributed by atoms with Gasteiger partial charge in [-0.2, -0.15) is 0 Å². The first kappa shape index (κ1) is 24.7. The Morgan fingerprint density at radius 2 is 2.03 bits per heavy atom. The molecule has 1 saturated heterocycles. The van der Waals surface area contributed by atoms with Crippen LogP contribution in [0.2, 0.25) is 0 Å². The first-order valence-electron chi connectivity index (χ1n) is 12.1. The zero-order valence-corrected chi connectivity index (χ0v) is 20.8. The van der Waals surface area contributed by atoms with Crippen molar-refractivity contribution in [3.63, 3.8) is 0 Å². The van der Waals surface area contributed by atoms with Gasteiger partial charge in [-0.15, -0.1) is 0 Å². The number of piperidine rings is 1. The van der Waals surface area contributed by atoms with Gasteiger partial charge in [0.15, 0.2) is 0 Å². The van der Waals surface area contributed by atoms with Crippen molar-refractivity contribution in [3.05, 3.63) is 59.4 Å². The van der Waals surface area contributed by atoms with E-state index in [4.69, 9.17) is 20.9 Å². The number of benzene rings is 2. The summed E-state index contributed by atoms with van der Waals surface area (Å²) in [5.74, 6) is 1.85. The summed E-state index contributed by atoms with van der Waals surface area (Å²) in [7, 11) is 1.65. The lowest BCUT2D eigenvalue weighted by Crippen LogP contribution is -2.50. The quantitative estimate of drug-likeness (QED) is 0.451. The number of nitrogens with one attached hydrogen (secondary N) is 1. The second-order valence-corrected chi connectivity index (χ2v) is 9.32. The van der Waals surface area contributed by atoms with E-state index in [0.29, 0.717) is 24.8 Å². The molecule has 2 aromatic carbocycles. The number of rotatable bonds is 7. The largest absolute Gasteiger partial charge is 0.495 e. The first-order valence-corrected chi connectivity index (χ1v) is 12.1. The minimum absolute atomic E-state index is 0.230. The van der Waals surface area contributed by atoms with Crippen LogP contribution in [0, 0.1) is 17.1 Å². The molecule has 1 unspecified atom stereocenters. The zero-order chi connectivity index (χ0) is 24.9. The molecule has 0 spiro atoms. The maximum atomic E-state index is 13.6. The van der Waals surface area contributed by atoms with Gasteiger partial charge in [0.25, 0.3) is 0 Å². The molecule has 0 bridgehead atoms. The van der Waals surface area contributed by atoms with Gasteiger partial charge in [0, 0.05) is 25.3 Å². The maximum Gasteiger partial charge on any atom is 0.145 e. The maximum absolute atomic E-state index is 13.6. The summed E-state index contributed by atoms with van der Waals surface area (Å²) in [6.45, 7) is 7.18. The molecular weight excluding hydrogens is 443 g/mol. The van der Waals surface area contributed by atoms with Crippen molar-refractivity contribution in [3.8, 4) is 5.75 Å². The molecule has 2 aliphatic rings. The molecule has 1 atom stereocenters. The zero-order valence-electron chi connectivity index (χ0n) is 20.8. The molecule has 2 heterocycles. The van der Waals surface area contributed by atoms with E-state index >= 15 is 0 Å². The molecule has 0 aromatic heterocycles. The number of amidine groups is 1. The monoisotopic (exact) mass is 478 g/mol. The van der Waals surface area contributed by atoms with Crippen LogP contribution in [-0.2, 0) is 0 Å². The second-order valence-electron chi connectivity index (χ2n) is 9.32. The lowest BCUT2D eigenvalue weighted by molar-refractivity contribution is 0.352.